The molecule has 0 radical (unpaired) electrons. The van der Waals surface area contributed by atoms with E-state index in [4.69, 9.17) is 15.3 Å². The third-order valence-corrected chi connectivity index (χ3v) is 2.65. The van der Waals surface area contributed by atoms with Crippen molar-refractivity contribution >= 4 is 15.9 Å². The fourth-order valence-corrected chi connectivity index (χ4v) is 1.55. The Morgan fingerprint density at radius 3 is 2.21 bits per heavy atom. The highest BCUT2D eigenvalue weighted by Gasteiger charge is 2.59. The fourth-order valence-electron chi connectivity index (χ4n) is 1.29. The van der Waals surface area contributed by atoms with Crippen LogP contribution in [0.2, 0.25) is 0 Å². The van der Waals surface area contributed by atoms with Crippen molar-refractivity contribution in [1.82, 2.24) is 0 Å². The zero-order valence-corrected chi connectivity index (χ0v) is 8.65. The molecule has 3 nitrogen and oxygen atoms in total. The minimum atomic E-state index is -1.26. The summed E-state index contributed by atoms with van der Waals surface area (Å²) in [5.41, 5.74) is -0.398. The van der Waals surface area contributed by atoms with Gasteiger partial charge in [0.2, 0.25) is 0 Å². The van der Waals surface area contributed by atoms with E-state index in [2.05, 4.69) is 15.9 Å². The maximum atomic E-state index is 8.74. The number of nitriles is 2. The largest absolute Gasteiger partial charge is 0.332 e. The van der Waals surface area contributed by atoms with E-state index in [1.165, 1.54) is 0 Å². The van der Waals surface area contributed by atoms with Gasteiger partial charge in [-0.05, 0) is 17.7 Å². The SMILES string of the molecule is N#CC1(C#N)OC1c1ccc(Br)cc1. The molecule has 14 heavy (non-hydrogen) atoms. The number of epoxide rings is 1. The molecule has 1 fully saturated rings. The van der Waals surface area contributed by atoms with Gasteiger partial charge < -0.3 is 4.74 Å². The van der Waals surface area contributed by atoms with Gasteiger partial charge in [-0.15, -0.1) is 0 Å². The number of hydrogen-bond donors (Lipinski definition) is 0. The summed E-state index contributed by atoms with van der Waals surface area (Å²) >= 11 is 3.31. The standard InChI is InChI=1S/C10H5BrN2O/c11-8-3-1-7(2-4-8)9-10(5-12,6-13)14-9/h1-4,9H. The van der Waals surface area contributed by atoms with Crippen molar-refractivity contribution in [2.24, 2.45) is 0 Å². The smallest absolute Gasteiger partial charge is 0.272 e. The van der Waals surface area contributed by atoms with Crippen molar-refractivity contribution in [2.45, 2.75) is 11.7 Å². The Labute approximate surface area is 89.7 Å². The number of hydrogen-bond acceptors (Lipinski definition) is 3. The summed E-state index contributed by atoms with van der Waals surface area (Å²) in [7, 11) is 0. The average Bonchev–Trinajstić information content (AvgIpc) is 2.94. The van der Waals surface area contributed by atoms with Gasteiger partial charge in [-0.1, -0.05) is 28.1 Å². The van der Waals surface area contributed by atoms with Gasteiger partial charge in [0.1, 0.15) is 18.2 Å². The molecular formula is C10H5BrN2O. The van der Waals surface area contributed by atoms with E-state index in [0.717, 1.165) is 10.0 Å². The monoisotopic (exact) mass is 248 g/mol. The fraction of sp³-hybridized carbons (Fsp3) is 0.200. The summed E-state index contributed by atoms with van der Waals surface area (Å²) < 4.78 is 6.05. The minimum absolute atomic E-state index is 0.398. The molecule has 1 aliphatic heterocycles. The van der Waals surface area contributed by atoms with E-state index in [1.807, 2.05) is 36.4 Å². The number of halogens is 1. The number of rotatable bonds is 1. The first-order valence-electron chi connectivity index (χ1n) is 3.97. The van der Waals surface area contributed by atoms with E-state index in [-0.39, 0.29) is 0 Å². The number of benzene rings is 1. The van der Waals surface area contributed by atoms with Crippen LogP contribution in [0.1, 0.15) is 11.7 Å². The van der Waals surface area contributed by atoms with Crippen molar-refractivity contribution < 1.29 is 4.74 Å². The minimum Gasteiger partial charge on any atom is -0.332 e. The highest BCUT2D eigenvalue weighted by atomic mass is 79.9. The van der Waals surface area contributed by atoms with Crippen LogP contribution < -0.4 is 0 Å². The molecule has 1 aromatic rings. The molecule has 0 N–H and O–H groups in total. The molecule has 0 aromatic heterocycles. The Bertz CT molecular complexity index is 427. The van der Waals surface area contributed by atoms with E-state index in [9.17, 15) is 0 Å². The molecule has 0 bridgehead atoms. The van der Waals surface area contributed by atoms with Gasteiger partial charge in [-0.25, -0.2) is 0 Å². The van der Waals surface area contributed by atoms with Gasteiger partial charge in [0.25, 0.3) is 5.60 Å². The molecule has 1 heterocycles. The van der Waals surface area contributed by atoms with Crippen molar-refractivity contribution in [1.29, 1.82) is 10.5 Å². The summed E-state index contributed by atoms with van der Waals surface area (Å²) in [5.74, 6) is 0. The normalized spacial score (nSPS) is 22.1. The second-order valence-corrected chi connectivity index (χ2v) is 3.92. The van der Waals surface area contributed by atoms with Crippen molar-refractivity contribution in [2.75, 3.05) is 0 Å². The van der Waals surface area contributed by atoms with Gasteiger partial charge in [-0.2, -0.15) is 10.5 Å². The second-order valence-electron chi connectivity index (χ2n) is 3.01. The van der Waals surface area contributed by atoms with Crippen LogP contribution in [0.25, 0.3) is 0 Å². The first-order chi connectivity index (χ1) is 6.72. The molecule has 68 valence electrons. The maximum Gasteiger partial charge on any atom is 0.272 e. The highest BCUT2D eigenvalue weighted by Crippen LogP contribution is 2.48. The predicted octanol–water partition coefficient (Wildman–Crippen LogP) is 2.31. The molecule has 0 amide bonds. The molecule has 0 spiro atoms. The number of ether oxygens (including phenoxy) is 1. The van der Waals surface area contributed by atoms with Crippen molar-refractivity contribution in [3.05, 3.63) is 34.3 Å². The predicted molar refractivity (Wildman–Crippen MR) is 51.9 cm³/mol. The van der Waals surface area contributed by atoms with Crippen LogP contribution in [-0.4, -0.2) is 5.60 Å². The molecule has 1 atom stereocenters. The Kier molecular flexibility index (Phi) is 2.03. The third-order valence-electron chi connectivity index (χ3n) is 2.12. The van der Waals surface area contributed by atoms with Gasteiger partial charge in [0.05, 0.1) is 0 Å². The first kappa shape index (κ1) is 9.21. The van der Waals surface area contributed by atoms with Crippen LogP contribution in [0.3, 0.4) is 0 Å². The molecule has 0 aliphatic carbocycles. The Morgan fingerprint density at radius 2 is 1.79 bits per heavy atom. The lowest BCUT2D eigenvalue weighted by atomic mass is 10.0. The lowest BCUT2D eigenvalue weighted by Gasteiger charge is -1.95. The van der Waals surface area contributed by atoms with Crippen LogP contribution in [0, 0.1) is 22.7 Å². The van der Waals surface area contributed by atoms with Crippen LogP contribution in [0.5, 0.6) is 0 Å². The van der Waals surface area contributed by atoms with E-state index in [0.29, 0.717) is 0 Å². The molecule has 1 aliphatic rings. The molecule has 4 heteroatoms. The van der Waals surface area contributed by atoms with E-state index < -0.39 is 11.7 Å². The van der Waals surface area contributed by atoms with Crippen LogP contribution in [0.15, 0.2) is 28.7 Å². The molecular weight excluding hydrogens is 244 g/mol. The Morgan fingerprint density at radius 1 is 1.21 bits per heavy atom. The number of nitrogens with zero attached hydrogens (tertiary/aromatic N) is 2. The zero-order valence-electron chi connectivity index (χ0n) is 7.07. The first-order valence-corrected chi connectivity index (χ1v) is 4.77. The summed E-state index contributed by atoms with van der Waals surface area (Å²) in [4.78, 5) is 0. The summed E-state index contributed by atoms with van der Waals surface area (Å²) in [6.45, 7) is 0. The molecule has 2 rings (SSSR count). The van der Waals surface area contributed by atoms with Gasteiger partial charge in [0.15, 0.2) is 0 Å². The summed E-state index contributed by atoms with van der Waals surface area (Å²) in [6.07, 6.45) is -0.398. The van der Waals surface area contributed by atoms with Gasteiger partial charge in [-0.3, -0.25) is 0 Å². The molecule has 1 saturated heterocycles. The quantitative estimate of drug-likeness (QED) is 0.717. The zero-order chi connectivity index (χ0) is 10.2. The Balaban J connectivity index is 2.26. The summed E-state index contributed by atoms with van der Waals surface area (Å²) in [5, 5.41) is 17.5. The summed E-state index contributed by atoms with van der Waals surface area (Å²) in [6, 6.07) is 11.1. The topological polar surface area (TPSA) is 60.1 Å². The Hall–Kier alpha value is -1.36. The third kappa shape index (κ3) is 1.29. The van der Waals surface area contributed by atoms with Crippen LogP contribution >= 0.6 is 15.9 Å². The van der Waals surface area contributed by atoms with E-state index >= 15 is 0 Å². The lowest BCUT2D eigenvalue weighted by Crippen LogP contribution is -2.04. The second kappa shape index (κ2) is 3.09. The van der Waals surface area contributed by atoms with Crippen molar-refractivity contribution in [3.8, 4) is 12.1 Å². The molecule has 1 aromatic carbocycles. The maximum absolute atomic E-state index is 8.74. The van der Waals surface area contributed by atoms with Gasteiger partial charge in [0, 0.05) is 4.47 Å². The van der Waals surface area contributed by atoms with Gasteiger partial charge >= 0.3 is 0 Å². The van der Waals surface area contributed by atoms with Crippen molar-refractivity contribution in [3.63, 3.8) is 0 Å². The highest BCUT2D eigenvalue weighted by molar-refractivity contribution is 9.10. The lowest BCUT2D eigenvalue weighted by molar-refractivity contribution is 0.369. The average molecular weight is 249 g/mol. The molecule has 0 saturated carbocycles. The van der Waals surface area contributed by atoms with Crippen LogP contribution in [-0.2, 0) is 4.74 Å². The molecule has 1 unspecified atom stereocenters. The van der Waals surface area contributed by atoms with E-state index in [1.54, 1.807) is 0 Å². The van der Waals surface area contributed by atoms with Crippen LogP contribution in [0.4, 0.5) is 0 Å².